The molecule has 0 spiro atoms. The van der Waals surface area contributed by atoms with Crippen molar-refractivity contribution in [1.29, 1.82) is 0 Å². The predicted octanol–water partition coefficient (Wildman–Crippen LogP) is 5.43. The summed E-state index contributed by atoms with van der Waals surface area (Å²) >= 11 is 19.1. The van der Waals surface area contributed by atoms with Crippen LogP contribution < -0.4 is 5.32 Å². The largest absolute Gasteiger partial charge is 0.403 e. The lowest BCUT2D eigenvalue weighted by Crippen LogP contribution is -2.14. The van der Waals surface area contributed by atoms with E-state index >= 15 is 0 Å². The minimum Gasteiger partial charge on any atom is -0.403 e. The van der Waals surface area contributed by atoms with E-state index < -0.39 is 0 Å². The van der Waals surface area contributed by atoms with Gasteiger partial charge in [-0.25, -0.2) is 0 Å². The molecule has 1 aromatic heterocycles. The van der Waals surface area contributed by atoms with Gasteiger partial charge in [-0.3, -0.25) is 10.1 Å². The molecule has 5 nitrogen and oxygen atoms in total. The van der Waals surface area contributed by atoms with Crippen molar-refractivity contribution in [3.63, 3.8) is 0 Å². The number of halogens is 3. The summed E-state index contributed by atoms with van der Waals surface area (Å²) < 4.78 is 5.42. The fourth-order valence-corrected chi connectivity index (χ4v) is 3.19. The standard InChI is InChI=1S/C16H10Cl3N3O2S/c17-9-1-4-11(5-2-9)25-8-14(23)20-16-22-21-15(24-16)12-6-3-10(18)7-13(12)19/h1-7H,8H2,(H,20,22,23). The Morgan fingerprint density at radius 1 is 1.04 bits per heavy atom. The molecule has 1 amide bonds. The van der Waals surface area contributed by atoms with E-state index in [1.165, 1.54) is 11.8 Å². The minimum atomic E-state index is -0.266. The van der Waals surface area contributed by atoms with Gasteiger partial charge in [-0.1, -0.05) is 39.9 Å². The van der Waals surface area contributed by atoms with Crippen LogP contribution in [-0.2, 0) is 4.79 Å². The van der Waals surface area contributed by atoms with Crippen molar-refractivity contribution in [3.8, 4) is 11.5 Å². The SMILES string of the molecule is O=C(CSc1ccc(Cl)cc1)Nc1nnc(-c2ccc(Cl)cc2Cl)o1. The number of hydrogen-bond donors (Lipinski definition) is 1. The number of nitrogens with zero attached hydrogens (tertiary/aromatic N) is 2. The molecule has 0 unspecified atom stereocenters. The van der Waals surface area contributed by atoms with Crippen LogP contribution in [0, 0.1) is 0 Å². The Morgan fingerprint density at radius 3 is 2.48 bits per heavy atom. The Hall–Kier alpha value is -1.73. The maximum Gasteiger partial charge on any atom is 0.322 e. The number of carbonyl (C=O) groups is 1. The average molecular weight is 415 g/mol. The van der Waals surface area contributed by atoms with Crippen LogP contribution in [0.25, 0.3) is 11.5 Å². The van der Waals surface area contributed by atoms with Crippen LogP contribution in [0.1, 0.15) is 0 Å². The van der Waals surface area contributed by atoms with Crippen molar-refractivity contribution in [3.05, 3.63) is 57.5 Å². The lowest BCUT2D eigenvalue weighted by molar-refractivity contribution is -0.113. The highest BCUT2D eigenvalue weighted by molar-refractivity contribution is 8.00. The molecule has 3 rings (SSSR count). The number of thioether (sulfide) groups is 1. The molecule has 0 saturated carbocycles. The van der Waals surface area contributed by atoms with E-state index in [4.69, 9.17) is 39.2 Å². The second-order valence-corrected chi connectivity index (χ2v) is 7.16. The summed E-state index contributed by atoms with van der Waals surface area (Å²) in [6, 6.07) is 12.1. The monoisotopic (exact) mass is 413 g/mol. The van der Waals surface area contributed by atoms with Gasteiger partial charge in [0, 0.05) is 14.9 Å². The van der Waals surface area contributed by atoms with Crippen molar-refractivity contribution in [2.75, 3.05) is 11.1 Å². The Kier molecular flexibility index (Phi) is 5.86. The summed E-state index contributed by atoms with van der Waals surface area (Å²) in [6.45, 7) is 0. The van der Waals surface area contributed by atoms with Crippen LogP contribution in [0.15, 0.2) is 51.8 Å². The van der Waals surface area contributed by atoms with E-state index in [2.05, 4.69) is 15.5 Å². The smallest absolute Gasteiger partial charge is 0.322 e. The quantitative estimate of drug-likeness (QED) is 0.564. The minimum absolute atomic E-state index is 0.00252. The average Bonchev–Trinajstić information content (AvgIpc) is 3.02. The first-order chi connectivity index (χ1) is 12.0. The molecule has 0 radical (unpaired) electrons. The van der Waals surface area contributed by atoms with Crippen LogP contribution in [0.4, 0.5) is 6.01 Å². The zero-order valence-corrected chi connectivity index (χ0v) is 15.6. The summed E-state index contributed by atoms with van der Waals surface area (Å²) in [4.78, 5) is 12.9. The van der Waals surface area contributed by atoms with E-state index in [0.717, 1.165) is 4.90 Å². The second-order valence-electron chi connectivity index (χ2n) is 4.83. The van der Waals surface area contributed by atoms with E-state index in [1.54, 1.807) is 30.3 Å². The highest BCUT2D eigenvalue weighted by Crippen LogP contribution is 2.30. The number of carbonyl (C=O) groups excluding carboxylic acids is 1. The molecule has 0 saturated heterocycles. The Balaban J connectivity index is 1.60. The predicted molar refractivity (Wildman–Crippen MR) is 101 cm³/mol. The Labute approximate surface area is 162 Å². The number of amides is 1. The van der Waals surface area contributed by atoms with Crippen molar-refractivity contribution >= 4 is 58.5 Å². The molecular weight excluding hydrogens is 405 g/mol. The van der Waals surface area contributed by atoms with Crippen molar-refractivity contribution in [2.24, 2.45) is 0 Å². The van der Waals surface area contributed by atoms with Gasteiger partial charge in [0.1, 0.15) is 0 Å². The lowest BCUT2D eigenvalue weighted by Gasteiger charge is -2.02. The second kappa shape index (κ2) is 8.10. The van der Waals surface area contributed by atoms with Gasteiger partial charge in [-0.15, -0.1) is 16.9 Å². The molecule has 0 aliphatic heterocycles. The van der Waals surface area contributed by atoms with Gasteiger partial charge >= 0.3 is 6.01 Å². The first kappa shape index (κ1) is 18.1. The highest BCUT2D eigenvalue weighted by Gasteiger charge is 2.14. The van der Waals surface area contributed by atoms with Gasteiger partial charge in [0.05, 0.1) is 16.3 Å². The van der Waals surface area contributed by atoms with Crippen LogP contribution in [0.3, 0.4) is 0 Å². The zero-order valence-electron chi connectivity index (χ0n) is 12.5. The van der Waals surface area contributed by atoms with E-state index in [1.807, 2.05) is 12.1 Å². The summed E-state index contributed by atoms with van der Waals surface area (Å²) in [7, 11) is 0. The number of rotatable bonds is 5. The van der Waals surface area contributed by atoms with Gasteiger partial charge in [-0.2, -0.15) is 0 Å². The third-order valence-corrected chi connectivity index (χ3v) is 4.83. The highest BCUT2D eigenvalue weighted by atomic mass is 35.5. The molecule has 25 heavy (non-hydrogen) atoms. The normalized spacial score (nSPS) is 10.7. The first-order valence-corrected chi connectivity index (χ1v) is 9.10. The third kappa shape index (κ3) is 4.89. The van der Waals surface area contributed by atoms with Gasteiger partial charge in [0.2, 0.25) is 5.91 Å². The summed E-state index contributed by atoms with van der Waals surface area (Å²) in [5.41, 5.74) is 0.537. The fraction of sp³-hybridized carbons (Fsp3) is 0.0625. The first-order valence-electron chi connectivity index (χ1n) is 6.98. The van der Waals surface area contributed by atoms with Crippen LogP contribution in [-0.4, -0.2) is 21.9 Å². The number of benzene rings is 2. The number of anilines is 1. The summed E-state index contributed by atoms with van der Waals surface area (Å²) in [5, 5.41) is 11.8. The fourth-order valence-electron chi connectivity index (χ4n) is 1.88. The molecule has 0 aliphatic carbocycles. The summed E-state index contributed by atoms with van der Waals surface area (Å²) in [5.74, 6) is 0.126. The molecule has 1 N–H and O–H groups in total. The van der Waals surface area contributed by atoms with Crippen molar-refractivity contribution in [1.82, 2.24) is 10.2 Å². The maximum absolute atomic E-state index is 12.0. The molecular formula is C16H10Cl3N3O2S. The topological polar surface area (TPSA) is 68.0 Å². The van der Waals surface area contributed by atoms with Crippen molar-refractivity contribution < 1.29 is 9.21 Å². The van der Waals surface area contributed by atoms with E-state index in [-0.39, 0.29) is 23.6 Å². The van der Waals surface area contributed by atoms with Gasteiger partial charge in [0.15, 0.2) is 0 Å². The molecule has 0 aliphatic rings. The molecule has 3 aromatic rings. The number of nitrogens with one attached hydrogen (secondary N) is 1. The van der Waals surface area contributed by atoms with Gasteiger partial charge < -0.3 is 4.42 Å². The van der Waals surface area contributed by atoms with Crippen LogP contribution in [0.2, 0.25) is 15.1 Å². The van der Waals surface area contributed by atoms with Crippen LogP contribution in [0.5, 0.6) is 0 Å². The van der Waals surface area contributed by atoms with Gasteiger partial charge in [-0.05, 0) is 42.5 Å². The summed E-state index contributed by atoms with van der Waals surface area (Å²) in [6.07, 6.45) is 0. The lowest BCUT2D eigenvalue weighted by atomic mass is 10.2. The number of aromatic nitrogens is 2. The third-order valence-electron chi connectivity index (χ3n) is 3.02. The van der Waals surface area contributed by atoms with Gasteiger partial charge in [0.25, 0.3) is 5.89 Å². The van der Waals surface area contributed by atoms with Crippen LogP contribution >= 0.6 is 46.6 Å². The molecule has 128 valence electrons. The molecule has 0 atom stereocenters. The molecule has 1 heterocycles. The zero-order chi connectivity index (χ0) is 17.8. The molecule has 0 fully saturated rings. The Morgan fingerprint density at radius 2 is 1.76 bits per heavy atom. The molecule has 2 aromatic carbocycles. The van der Waals surface area contributed by atoms with Crippen molar-refractivity contribution in [2.45, 2.75) is 4.90 Å². The van der Waals surface area contributed by atoms with E-state index in [9.17, 15) is 4.79 Å². The Bertz CT molecular complexity index is 900. The number of hydrogen-bond acceptors (Lipinski definition) is 5. The van der Waals surface area contributed by atoms with E-state index in [0.29, 0.717) is 20.6 Å². The molecule has 9 heteroatoms. The maximum atomic E-state index is 12.0. The molecule has 0 bridgehead atoms.